The molecule has 1 atom stereocenters. The number of para-hydroxylation sites is 2. The molecule has 0 spiro atoms. The number of ether oxygens (including phenoxy) is 2. The van der Waals surface area contributed by atoms with Crippen molar-refractivity contribution >= 4 is 35.3 Å². The van der Waals surface area contributed by atoms with Gasteiger partial charge in [0.05, 0.1) is 24.8 Å². The molecule has 0 radical (unpaired) electrons. The van der Waals surface area contributed by atoms with Gasteiger partial charge in [0.15, 0.2) is 0 Å². The Morgan fingerprint density at radius 3 is 2.74 bits per heavy atom. The molecule has 8 heteroatoms. The molecule has 1 aromatic heterocycles. The molecular weight excluding hydrogens is 368 g/mol. The molecule has 0 aliphatic carbocycles. The second-order valence-electron chi connectivity index (χ2n) is 6.01. The monoisotopic (exact) mass is 388 g/mol. The van der Waals surface area contributed by atoms with Crippen molar-refractivity contribution in [2.75, 3.05) is 32.1 Å². The van der Waals surface area contributed by atoms with E-state index in [0.717, 1.165) is 29.0 Å². The zero-order valence-electron chi connectivity index (χ0n) is 14.8. The van der Waals surface area contributed by atoms with Crippen LogP contribution in [0.1, 0.15) is 0 Å². The fourth-order valence-electron chi connectivity index (χ4n) is 3.03. The summed E-state index contributed by atoms with van der Waals surface area (Å²) in [6, 6.07) is 15.4. The highest BCUT2D eigenvalue weighted by Gasteiger charge is 2.24. The highest BCUT2D eigenvalue weighted by molar-refractivity contribution is 5.95. The van der Waals surface area contributed by atoms with Gasteiger partial charge >= 0.3 is 0 Å². The van der Waals surface area contributed by atoms with Gasteiger partial charge in [0.1, 0.15) is 11.9 Å². The maximum atomic E-state index is 12.6. The largest absolute Gasteiger partial charge is 0.497 e. The summed E-state index contributed by atoms with van der Waals surface area (Å²) < 4.78 is 12.7. The summed E-state index contributed by atoms with van der Waals surface area (Å²) in [5.74, 6) is 1.03. The van der Waals surface area contributed by atoms with Gasteiger partial charge in [-0.15, -0.1) is 12.4 Å². The van der Waals surface area contributed by atoms with Crippen LogP contribution in [0.5, 0.6) is 5.75 Å². The van der Waals surface area contributed by atoms with Crippen LogP contribution in [0.15, 0.2) is 48.5 Å². The minimum Gasteiger partial charge on any atom is -0.497 e. The molecule has 1 aliphatic heterocycles. The Balaban J connectivity index is 0.00000210. The molecule has 1 aliphatic rings. The Hall–Kier alpha value is -2.61. The standard InChI is InChI=1S/C19H20N4O3.ClH/c1-25-14-8-6-13(7-9-14)23-16-5-3-2-4-15(16)21-19(23)22-18(24)17-12-20-10-11-26-17;/h2-9,17,20H,10-12H2,1H3,(H,21,22,24);1H. The number of fused-ring (bicyclic) bond motifs is 1. The molecule has 0 bridgehead atoms. The van der Waals surface area contributed by atoms with Gasteiger partial charge in [0, 0.05) is 18.8 Å². The normalized spacial score (nSPS) is 16.6. The molecule has 2 N–H and O–H groups in total. The van der Waals surface area contributed by atoms with Crippen LogP contribution in [0.4, 0.5) is 5.95 Å². The Labute approximate surface area is 163 Å². The predicted molar refractivity (Wildman–Crippen MR) is 106 cm³/mol. The number of methoxy groups -OCH3 is 1. The summed E-state index contributed by atoms with van der Waals surface area (Å²) in [5, 5.41) is 6.07. The maximum absolute atomic E-state index is 12.6. The lowest BCUT2D eigenvalue weighted by molar-refractivity contribution is -0.128. The molecule has 1 saturated heterocycles. The second kappa shape index (κ2) is 8.39. The van der Waals surface area contributed by atoms with E-state index in [1.165, 1.54) is 0 Å². The topological polar surface area (TPSA) is 77.4 Å². The highest BCUT2D eigenvalue weighted by Crippen LogP contribution is 2.26. The van der Waals surface area contributed by atoms with Crippen molar-refractivity contribution in [3.8, 4) is 11.4 Å². The molecular formula is C19H21ClN4O3. The molecule has 27 heavy (non-hydrogen) atoms. The molecule has 4 rings (SSSR count). The summed E-state index contributed by atoms with van der Waals surface area (Å²) in [6.07, 6.45) is -0.520. The first-order valence-corrected chi connectivity index (χ1v) is 8.51. The van der Waals surface area contributed by atoms with Crippen LogP contribution in [0.2, 0.25) is 0 Å². The van der Waals surface area contributed by atoms with Gasteiger partial charge in [-0.05, 0) is 36.4 Å². The second-order valence-corrected chi connectivity index (χ2v) is 6.01. The van der Waals surface area contributed by atoms with E-state index in [-0.39, 0.29) is 18.3 Å². The third-order valence-corrected chi connectivity index (χ3v) is 4.35. The summed E-state index contributed by atoms with van der Waals surface area (Å²) in [6.45, 7) is 1.77. The number of amides is 1. The van der Waals surface area contributed by atoms with Crippen molar-refractivity contribution in [2.45, 2.75) is 6.10 Å². The van der Waals surface area contributed by atoms with Gasteiger partial charge in [-0.2, -0.15) is 0 Å². The molecule has 1 unspecified atom stereocenters. The van der Waals surface area contributed by atoms with Crippen LogP contribution in [0.3, 0.4) is 0 Å². The van der Waals surface area contributed by atoms with E-state index in [4.69, 9.17) is 9.47 Å². The van der Waals surface area contributed by atoms with E-state index in [1.54, 1.807) is 7.11 Å². The molecule has 2 heterocycles. The Bertz CT molecular complexity index is 920. The van der Waals surface area contributed by atoms with E-state index in [0.29, 0.717) is 19.1 Å². The Morgan fingerprint density at radius 2 is 2.04 bits per heavy atom. The van der Waals surface area contributed by atoms with E-state index < -0.39 is 6.10 Å². The number of rotatable bonds is 4. The van der Waals surface area contributed by atoms with E-state index >= 15 is 0 Å². The van der Waals surface area contributed by atoms with Crippen molar-refractivity contribution in [1.29, 1.82) is 0 Å². The number of carbonyl (C=O) groups is 1. The number of aromatic nitrogens is 2. The smallest absolute Gasteiger partial charge is 0.257 e. The average Bonchev–Trinajstić information content (AvgIpc) is 3.06. The minimum atomic E-state index is -0.520. The first kappa shape index (κ1) is 19.2. The molecule has 3 aromatic rings. The zero-order valence-corrected chi connectivity index (χ0v) is 15.7. The average molecular weight is 389 g/mol. The summed E-state index contributed by atoms with van der Waals surface area (Å²) in [4.78, 5) is 17.2. The van der Waals surface area contributed by atoms with Crippen LogP contribution in [-0.2, 0) is 9.53 Å². The van der Waals surface area contributed by atoms with Gasteiger partial charge in [-0.25, -0.2) is 4.98 Å². The number of halogens is 1. The fourth-order valence-corrected chi connectivity index (χ4v) is 3.03. The number of nitrogens with zero attached hydrogens (tertiary/aromatic N) is 2. The molecule has 1 fully saturated rings. The van der Waals surface area contributed by atoms with Crippen LogP contribution < -0.4 is 15.4 Å². The quantitative estimate of drug-likeness (QED) is 0.717. The number of morpholine rings is 1. The number of nitrogens with one attached hydrogen (secondary N) is 2. The molecule has 1 amide bonds. The van der Waals surface area contributed by atoms with Crippen molar-refractivity contribution in [3.05, 3.63) is 48.5 Å². The number of anilines is 1. The fraction of sp³-hybridized carbons (Fsp3) is 0.263. The van der Waals surface area contributed by atoms with Gasteiger partial charge in [-0.1, -0.05) is 12.1 Å². The molecule has 7 nitrogen and oxygen atoms in total. The number of hydrogen-bond acceptors (Lipinski definition) is 5. The third-order valence-electron chi connectivity index (χ3n) is 4.35. The van der Waals surface area contributed by atoms with Crippen LogP contribution in [0.25, 0.3) is 16.7 Å². The van der Waals surface area contributed by atoms with Crippen LogP contribution in [-0.4, -0.2) is 48.4 Å². The summed E-state index contributed by atoms with van der Waals surface area (Å²) in [5.41, 5.74) is 2.61. The Morgan fingerprint density at radius 1 is 1.26 bits per heavy atom. The van der Waals surface area contributed by atoms with Crippen molar-refractivity contribution in [3.63, 3.8) is 0 Å². The highest BCUT2D eigenvalue weighted by atomic mass is 35.5. The minimum absolute atomic E-state index is 0. The van der Waals surface area contributed by atoms with Crippen molar-refractivity contribution in [2.24, 2.45) is 0 Å². The first-order valence-electron chi connectivity index (χ1n) is 8.51. The van der Waals surface area contributed by atoms with Crippen molar-refractivity contribution < 1.29 is 14.3 Å². The SMILES string of the molecule is COc1ccc(-n2c(NC(=O)C3CNCCO3)nc3ccccc32)cc1.Cl. The van der Waals surface area contributed by atoms with Gasteiger partial charge < -0.3 is 14.8 Å². The van der Waals surface area contributed by atoms with Gasteiger partial charge in [0.2, 0.25) is 5.95 Å². The lowest BCUT2D eigenvalue weighted by Gasteiger charge is -2.22. The van der Waals surface area contributed by atoms with Gasteiger partial charge in [0.25, 0.3) is 5.91 Å². The third kappa shape index (κ3) is 3.90. The molecule has 142 valence electrons. The van der Waals surface area contributed by atoms with Gasteiger partial charge in [-0.3, -0.25) is 14.7 Å². The maximum Gasteiger partial charge on any atom is 0.257 e. The Kier molecular flexibility index (Phi) is 5.95. The zero-order chi connectivity index (χ0) is 17.9. The number of imidazole rings is 1. The lowest BCUT2D eigenvalue weighted by Crippen LogP contribution is -2.45. The molecule has 2 aromatic carbocycles. The summed E-state index contributed by atoms with van der Waals surface area (Å²) in [7, 11) is 1.63. The van der Waals surface area contributed by atoms with Crippen LogP contribution >= 0.6 is 12.4 Å². The lowest BCUT2D eigenvalue weighted by atomic mass is 10.2. The van der Waals surface area contributed by atoms with E-state index in [2.05, 4.69) is 15.6 Å². The van der Waals surface area contributed by atoms with E-state index in [9.17, 15) is 4.79 Å². The van der Waals surface area contributed by atoms with Crippen molar-refractivity contribution in [1.82, 2.24) is 14.9 Å². The first-order chi connectivity index (χ1) is 12.8. The number of hydrogen-bond donors (Lipinski definition) is 2. The van der Waals surface area contributed by atoms with E-state index in [1.807, 2.05) is 53.1 Å². The number of benzene rings is 2. The van der Waals surface area contributed by atoms with Crippen LogP contribution in [0, 0.1) is 0 Å². The predicted octanol–water partition coefficient (Wildman–Crippen LogP) is 2.38. The number of carbonyl (C=O) groups excluding carboxylic acids is 1. The molecule has 0 saturated carbocycles. The summed E-state index contributed by atoms with van der Waals surface area (Å²) >= 11 is 0.